The van der Waals surface area contributed by atoms with E-state index in [1.807, 2.05) is 6.07 Å². The van der Waals surface area contributed by atoms with E-state index in [1.165, 1.54) is 6.92 Å². The molecule has 0 aliphatic carbocycles. The predicted molar refractivity (Wildman–Crippen MR) is 89.4 cm³/mol. The Bertz CT molecular complexity index is 618. The summed E-state index contributed by atoms with van der Waals surface area (Å²) in [5, 5.41) is 15.5. The van der Waals surface area contributed by atoms with Crippen LogP contribution in [0.4, 0.5) is 0 Å². The van der Waals surface area contributed by atoms with Crippen molar-refractivity contribution >= 4 is 23.7 Å². The summed E-state index contributed by atoms with van der Waals surface area (Å²) in [7, 11) is 0. The first-order chi connectivity index (χ1) is 11.8. The summed E-state index contributed by atoms with van der Waals surface area (Å²) in [6.45, 7) is 0.557. The van der Waals surface area contributed by atoms with E-state index >= 15 is 0 Å². The van der Waals surface area contributed by atoms with Gasteiger partial charge in [-0.15, -0.1) is 0 Å². The van der Waals surface area contributed by atoms with E-state index in [9.17, 15) is 19.2 Å². The maximum atomic E-state index is 12.3. The molecule has 1 aromatic rings. The Hall–Kier alpha value is -2.94. The van der Waals surface area contributed by atoms with Crippen LogP contribution in [0.3, 0.4) is 0 Å². The monoisotopic (exact) mass is 350 g/mol. The number of nitrogens with one attached hydrogen (secondary N) is 3. The molecule has 0 radical (unpaired) electrons. The molecule has 136 valence electrons. The molecule has 0 saturated heterocycles. The van der Waals surface area contributed by atoms with Gasteiger partial charge in [-0.3, -0.25) is 19.2 Å². The largest absolute Gasteiger partial charge is 0.480 e. The van der Waals surface area contributed by atoms with Crippen LogP contribution >= 0.6 is 0 Å². The van der Waals surface area contributed by atoms with Crippen LogP contribution in [-0.4, -0.2) is 54.0 Å². The molecule has 0 aromatic heterocycles. The second kappa shape index (κ2) is 10.0. The van der Waals surface area contributed by atoms with E-state index in [0.717, 1.165) is 5.56 Å². The number of carbonyl (C=O) groups is 4. The summed E-state index contributed by atoms with van der Waals surface area (Å²) in [5.41, 5.74) is 6.33. The first-order valence-corrected chi connectivity index (χ1v) is 7.65. The molecule has 9 nitrogen and oxygen atoms in total. The highest BCUT2D eigenvalue weighted by molar-refractivity contribution is 5.92. The zero-order valence-corrected chi connectivity index (χ0v) is 13.8. The molecule has 0 spiro atoms. The Morgan fingerprint density at radius 2 is 1.68 bits per heavy atom. The highest BCUT2D eigenvalue weighted by Crippen LogP contribution is 2.04. The quantitative estimate of drug-likeness (QED) is 0.361. The van der Waals surface area contributed by atoms with Crippen molar-refractivity contribution in [3.8, 4) is 0 Å². The van der Waals surface area contributed by atoms with Gasteiger partial charge in [-0.1, -0.05) is 30.3 Å². The van der Waals surface area contributed by atoms with E-state index in [4.69, 9.17) is 10.8 Å². The molecule has 0 fully saturated rings. The summed E-state index contributed by atoms with van der Waals surface area (Å²) in [6.07, 6.45) is 0.224. The van der Waals surface area contributed by atoms with Gasteiger partial charge in [0.15, 0.2) is 0 Å². The topological polar surface area (TPSA) is 151 Å². The Morgan fingerprint density at radius 3 is 2.24 bits per heavy atom. The van der Waals surface area contributed by atoms with Crippen molar-refractivity contribution in [1.29, 1.82) is 0 Å². The lowest BCUT2D eigenvalue weighted by molar-refractivity contribution is -0.138. The van der Waals surface area contributed by atoms with Crippen LogP contribution in [0, 0.1) is 0 Å². The van der Waals surface area contributed by atoms with Crippen LogP contribution in [0.2, 0.25) is 0 Å². The van der Waals surface area contributed by atoms with E-state index in [-0.39, 0.29) is 6.42 Å². The fraction of sp³-hybridized carbons (Fsp3) is 0.375. The Kier molecular flexibility index (Phi) is 8.07. The maximum absolute atomic E-state index is 12.3. The summed E-state index contributed by atoms with van der Waals surface area (Å²) >= 11 is 0. The van der Waals surface area contributed by atoms with Crippen LogP contribution < -0.4 is 21.7 Å². The Balaban J connectivity index is 2.66. The van der Waals surface area contributed by atoms with Crippen LogP contribution in [0.15, 0.2) is 30.3 Å². The average Bonchev–Trinajstić information content (AvgIpc) is 2.57. The van der Waals surface area contributed by atoms with Gasteiger partial charge in [0.2, 0.25) is 17.7 Å². The number of benzene rings is 1. The van der Waals surface area contributed by atoms with E-state index in [2.05, 4.69) is 16.0 Å². The van der Waals surface area contributed by atoms with E-state index in [0.29, 0.717) is 0 Å². The zero-order chi connectivity index (χ0) is 18.8. The van der Waals surface area contributed by atoms with Gasteiger partial charge in [0.05, 0.1) is 12.6 Å². The number of carboxylic acid groups (broad SMARTS) is 1. The van der Waals surface area contributed by atoms with Crippen LogP contribution in [0.5, 0.6) is 0 Å². The second-order valence-corrected chi connectivity index (χ2v) is 5.43. The average molecular weight is 350 g/mol. The smallest absolute Gasteiger partial charge is 0.322 e. The normalized spacial score (nSPS) is 12.6. The van der Waals surface area contributed by atoms with Gasteiger partial charge < -0.3 is 26.8 Å². The lowest BCUT2D eigenvalue weighted by Gasteiger charge is -2.19. The molecule has 2 unspecified atom stereocenters. The van der Waals surface area contributed by atoms with Crippen LogP contribution in [0.1, 0.15) is 12.5 Å². The fourth-order valence-electron chi connectivity index (χ4n) is 1.89. The summed E-state index contributed by atoms with van der Waals surface area (Å²) in [4.78, 5) is 45.9. The molecule has 6 N–H and O–H groups in total. The number of aliphatic carboxylic acids is 1. The van der Waals surface area contributed by atoms with Crippen molar-refractivity contribution < 1.29 is 24.3 Å². The minimum Gasteiger partial charge on any atom is -0.480 e. The molecule has 1 rings (SSSR count). The van der Waals surface area contributed by atoms with Gasteiger partial charge in [-0.2, -0.15) is 0 Å². The highest BCUT2D eigenvalue weighted by atomic mass is 16.4. The Morgan fingerprint density at radius 1 is 1.04 bits per heavy atom. The van der Waals surface area contributed by atoms with Crippen molar-refractivity contribution in [2.75, 3.05) is 13.1 Å². The summed E-state index contributed by atoms with van der Waals surface area (Å²) in [5.74, 6) is -2.90. The van der Waals surface area contributed by atoms with E-state index in [1.54, 1.807) is 24.3 Å². The number of carbonyl (C=O) groups excluding carboxylic acids is 3. The molecule has 0 saturated carbocycles. The molecule has 0 heterocycles. The maximum Gasteiger partial charge on any atom is 0.322 e. The van der Waals surface area contributed by atoms with Crippen LogP contribution in [0.25, 0.3) is 0 Å². The second-order valence-electron chi connectivity index (χ2n) is 5.43. The van der Waals surface area contributed by atoms with Gasteiger partial charge in [-0.05, 0) is 12.5 Å². The minimum absolute atomic E-state index is 0.224. The van der Waals surface area contributed by atoms with Crippen LogP contribution in [-0.2, 0) is 25.6 Å². The molecule has 0 aliphatic rings. The molecular weight excluding hydrogens is 328 g/mol. The fourth-order valence-corrected chi connectivity index (χ4v) is 1.89. The van der Waals surface area contributed by atoms with Crippen molar-refractivity contribution in [3.05, 3.63) is 35.9 Å². The first-order valence-electron chi connectivity index (χ1n) is 7.65. The third kappa shape index (κ3) is 7.93. The first kappa shape index (κ1) is 20.1. The third-order valence-corrected chi connectivity index (χ3v) is 3.19. The molecule has 0 aliphatic heterocycles. The van der Waals surface area contributed by atoms with Gasteiger partial charge in [0.25, 0.3) is 0 Å². The number of rotatable bonds is 9. The third-order valence-electron chi connectivity index (χ3n) is 3.19. The number of hydrogen-bond donors (Lipinski definition) is 5. The molecule has 1 aromatic carbocycles. The lowest BCUT2D eigenvalue weighted by atomic mass is 10.0. The van der Waals surface area contributed by atoms with Crippen molar-refractivity contribution in [2.45, 2.75) is 25.4 Å². The van der Waals surface area contributed by atoms with E-state index < -0.39 is 48.9 Å². The summed E-state index contributed by atoms with van der Waals surface area (Å²) < 4.78 is 0. The Labute approximate surface area is 145 Å². The standard InChI is InChI=1S/C16H22N4O5/c1-10(17)15(24)20-12(7-11-5-3-2-4-6-11)16(25)19-8-13(21)18-9-14(22)23/h2-6,10,12H,7-9,17H2,1H3,(H,18,21)(H,19,25)(H,20,24)(H,22,23). The molecule has 3 amide bonds. The van der Waals surface area contributed by atoms with Gasteiger partial charge in [-0.25, -0.2) is 0 Å². The number of amides is 3. The van der Waals surface area contributed by atoms with Crippen molar-refractivity contribution in [3.63, 3.8) is 0 Å². The van der Waals surface area contributed by atoms with Gasteiger partial charge in [0, 0.05) is 6.42 Å². The lowest BCUT2D eigenvalue weighted by Crippen LogP contribution is -2.53. The van der Waals surface area contributed by atoms with Gasteiger partial charge >= 0.3 is 5.97 Å². The summed E-state index contributed by atoms with van der Waals surface area (Å²) in [6, 6.07) is 7.34. The number of nitrogens with two attached hydrogens (primary N) is 1. The highest BCUT2D eigenvalue weighted by Gasteiger charge is 2.23. The molecule has 25 heavy (non-hydrogen) atoms. The van der Waals surface area contributed by atoms with Crippen molar-refractivity contribution in [1.82, 2.24) is 16.0 Å². The minimum atomic E-state index is -1.19. The number of hydrogen-bond acceptors (Lipinski definition) is 5. The van der Waals surface area contributed by atoms with Crippen molar-refractivity contribution in [2.24, 2.45) is 5.73 Å². The number of carboxylic acids is 1. The SMILES string of the molecule is CC(N)C(=O)NC(Cc1ccccc1)C(=O)NCC(=O)NCC(=O)O. The predicted octanol–water partition coefficient (Wildman–Crippen LogP) is -1.62. The van der Waals surface area contributed by atoms with Gasteiger partial charge in [0.1, 0.15) is 12.6 Å². The zero-order valence-electron chi connectivity index (χ0n) is 13.8. The molecule has 0 bridgehead atoms. The molecular formula is C16H22N4O5. The molecule has 2 atom stereocenters. The molecule has 9 heteroatoms.